The number of hydrogen-bond acceptors (Lipinski definition) is 4. The third-order valence-electron chi connectivity index (χ3n) is 0.951. The quantitative estimate of drug-likeness (QED) is 0.492. The zero-order chi connectivity index (χ0) is 10.3. The number of nitrogens with two attached hydrogens (primary N) is 1. The molecule has 0 saturated carbocycles. The van der Waals surface area contributed by atoms with Crippen LogP contribution in [0.15, 0.2) is 9.98 Å². The van der Waals surface area contributed by atoms with E-state index in [4.69, 9.17) is 15.9 Å². The number of nitrogens with zero attached hydrogens (tertiary/aromatic N) is 2. The van der Waals surface area contributed by atoms with Crippen molar-refractivity contribution in [3.05, 3.63) is 0 Å². The summed E-state index contributed by atoms with van der Waals surface area (Å²) in [5, 5.41) is 15.9. The van der Waals surface area contributed by atoms with E-state index in [1.165, 1.54) is 12.4 Å². The molecule has 7 nitrogen and oxygen atoms in total. The normalized spacial score (nSPS) is 15.1. The highest BCUT2D eigenvalue weighted by Gasteiger charge is 2.06. The molecular weight excluding hydrogens is 178 g/mol. The summed E-state index contributed by atoms with van der Waals surface area (Å²) < 4.78 is 0. The van der Waals surface area contributed by atoms with Gasteiger partial charge < -0.3 is 15.9 Å². The number of rotatable bonds is 2. The lowest BCUT2D eigenvalue weighted by molar-refractivity contribution is -0.139. The minimum absolute atomic E-state index is 0.407. The zero-order valence-corrected chi connectivity index (χ0v) is 6.62. The minimum Gasteiger partial charge on any atom is -0.480 e. The SMILES string of the molecule is N[C@@H](CO)C(=O)O.O=C1N=CC=N1. The Balaban J connectivity index is 0.000000223. The Bertz CT molecular complexity index is 234. The van der Waals surface area contributed by atoms with Crippen molar-refractivity contribution in [2.75, 3.05) is 6.61 Å². The number of aliphatic imine (C=N–C) groups is 2. The molecule has 0 aromatic carbocycles. The fraction of sp³-hybridized carbons (Fsp3) is 0.333. The van der Waals surface area contributed by atoms with Crippen LogP contribution in [0.2, 0.25) is 0 Å². The maximum atomic E-state index is 9.85. The molecule has 2 amide bonds. The molecule has 4 N–H and O–H groups in total. The number of urea groups is 1. The first-order chi connectivity index (χ1) is 6.07. The summed E-state index contributed by atoms with van der Waals surface area (Å²) in [6.07, 6.45) is 2.73. The van der Waals surface area contributed by atoms with Crippen LogP contribution >= 0.6 is 0 Å². The predicted molar refractivity (Wildman–Crippen MR) is 45.1 cm³/mol. The van der Waals surface area contributed by atoms with E-state index in [2.05, 4.69) is 9.98 Å². The van der Waals surface area contributed by atoms with Crippen LogP contribution in [0.25, 0.3) is 0 Å². The van der Waals surface area contributed by atoms with Gasteiger partial charge in [-0.25, -0.2) is 4.79 Å². The molecule has 0 aromatic heterocycles. The molecule has 1 atom stereocenters. The molecule has 1 heterocycles. The monoisotopic (exact) mass is 187 g/mol. The second-order valence-corrected chi connectivity index (χ2v) is 1.97. The summed E-state index contributed by atoms with van der Waals surface area (Å²) in [6.45, 7) is -0.505. The van der Waals surface area contributed by atoms with Crippen LogP contribution in [0.1, 0.15) is 0 Å². The van der Waals surface area contributed by atoms with Crippen molar-refractivity contribution in [3.8, 4) is 0 Å². The van der Waals surface area contributed by atoms with Gasteiger partial charge in [0, 0.05) is 0 Å². The number of carboxylic acids is 1. The standard InChI is InChI=1S/C3H2N2O.C3H7NO3/c6-3-4-1-2-5-3;4-2(1-5)3(6)7/h1-2H;2,5H,1,4H2,(H,6,7)/t;2-/m.0/s1. The van der Waals surface area contributed by atoms with E-state index >= 15 is 0 Å². The average Bonchev–Trinajstić information content (AvgIpc) is 2.55. The fourth-order valence-electron chi connectivity index (χ4n) is 0.306. The molecular formula is C6H9N3O4. The zero-order valence-electron chi connectivity index (χ0n) is 6.62. The summed E-state index contributed by atoms with van der Waals surface area (Å²) >= 11 is 0. The topological polar surface area (TPSA) is 125 Å². The van der Waals surface area contributed by atoms with Crippen LogP contribution in [-0.2, 0) is 4.79 Å². The van der Waals surface area contributed by atoms with Crippen LogP contribution in [0.3, 0.4) is 0 Å². The summed E-state index contributed by atoms with van der Waals surface area (Å²) in [5.74, 6) is -1.18. The predicted octanol–water partition coefficient (Wildman–Crippen LogP) is -1.35. The van der Waals surface area contributed by atoms with Gasteiger partial charge in [0.1, 0.15) is 6.04 Å². The first kappa shape index (κ1) is 11.4. The highest BCUT2D eigenvalue weighted by molar-refractivity contribution is 6.25. The summed E-state index contributed by atoms with van der Waals surface area (Å²) in [4.78, 5) is 26.0. The van der Waals surface area contributed by atoms with E-state index in [1.807, 2.05) is 0 Å². The number of aliphatic hydroxyl groups excluding tert-OH is 1. The second kappa shape index (κ2) is 5.98. The number of carbonyl (C=O) groups is 2. The first-order valence-corrected chi connectivity index (χ1v) is 3.28. The van der Waals surface area contributed by atoms with Gasteiger partial charge >= 0.3 is 12.0 Å². The molecule has 0 fully saturated rings. The van der Waals surface area contributed by atoms with Crippen molar-refractivity contribution >= 4 is 24.4 Å². The van der Waals surface area contributed by atoms with Crippen LogP contribution in [0.4, 0.5) is 4.79 Å². The van der Waals surface area contributed by atoms with Crippen LogP contribution in [0, 0.1) is 0 Å². The lowest BCUT2D eigenvalue weighted by Gasteiger charge is -1.96. The van der Waals surface area contributed by atoms with Crippen LogP contribution in [0.5, 0.6) is 0 Å². The Morgan fingerprint density at radius 1 is 1.54 bits per heavy atom. The molecule has 1 rings (SSSR count). The molecule has 0 spiro atoms. The molecule has 0 unspecified atom stereocenters. The van der Waals surface area contributed by atoms with Gasteiger partial charge in [-0.3, -0.25) is 4.79 Å². The summed E-state index contributed by atoms with van der Waals surface area (Å²) in [7, 11) is 0. The summed E-state index contributed by atoms with van der Waals surface area (Å²) in [5.41, 5.74) is 4.77. The van der Waals surface area contributed by atoms with E-state index in [9.17, 15) is 9.59 Å². The van der Waals surface area contributed by atoms with E-state index < -0.39 is 24.6 Å². The molecule has 0 saturated heterocycles. The molecule has 0 aliphatic carbocycles. The van der Waals surface area contributed by atoms with Gasteiger partial charge in [-0.15, -0.1) is 0 Å². The Hall–Kier alpha value is -1.60. The van der Waals surface area contributed by atoms with Gasteiger partial charge in [-0.1, -0.05) is 0 Å². The van der Waals surface area contributed by atoms with E-state index in [0.717, 1.165) is 0 Å². The number of carbonyl (C=O) groups excluding carboxylic acids is 1. The molecule has 0 radical (unpaired) electrons. The third kappa shape index (κ3) is 5.65. The highest BCUT2D eigenvalue weighted by atomic mass is 16.4. The average molecular weight is 187 g/mol. The number of amides is 2. The lowest BCUT2D eigenvalue weighted by atomic mass is 10.3. The number of aliphatic hydroxyl groups is 1. The molecule has 0 aromatic rings. The summed E-state index contributed by atoms with van der Waals surface area (Å²) in [6, 6.07) is -1.53. The molecule has 7 heteroatoms. The van der Waals surface area contributed by atoms with Crippen molar-refractivity contribution in [1.29, 1.82) is 0 Å². The van der Waals surface area contributed by atoms with Gasteiger partial charge in [0.05, 0.1) is 19.0 Å². The Morgan fingerprint density at radius 3 is 2.08 bits per heavy atom. The first-order valence-electron chi connectivity index (χ1n) is 3.28. The minimum atomic E-state index is -1.18. The van der Waals surface area contributed by atoms with E-state index in [0.29, 0.717) is 0 Å². The van der Waals surface area contributed by atoms with Crippen LogP contribution in [-0.4, -0.2) is 47.3 Å². The number of hydrogen-bond donors (Lipinski definition) is 3. The maximum Gasteiger partial charge on any atom is 0.367 e. The highest BCUT2D eigenvalue weighted by Crippen LogP contribution is 1.81. The molecule has 1 aliphatic rings. The van der Waals surface area contributed by atoms with Crippen molar-refractivity contribution in [3.63, 3.8) is 0 Å². The van der Waals surface area contributed by atoms with Crippen molar-refractivity contribution in [2.24, 2.45) is 15.7 Å². The number of aliphatic carboxylic acids is 1. The van der Waals surface area contributed by atoms with Gasteiger partial charge in [0.15, 0.2) is 0 Å². The van der Waals surface area contributed by atoms with Gasteiger partial charge in [0.25, 0.3) is 0 Å². The van der Waals surface area contributed by atoms with E-state index in [-0.39, 0.29) is 0 Å². The Morgan fingerprint density at radius 2 is 2.00 bits per heavy atom. The Kier molecular flexibility index (Phi) is 5.24. The lowest BCUT2D eigenvalue weighted by Crippen LogP contribution is -2.33. The second-order valence-electron chi connectivity index (χ2n) is 1.97. The Labute approximate surface area is 73.6 Å². The molecule has 13 heavy (non-hydrogen) atoms. The largest absolute Gasteiger partial charge is 0.480 e. The smallest absolute Gasteiger partial charge is 0.367 e. The molecule has 0 bridgehead atoms. The van der Waals surface area contributed by atoms with Gasteiger partial charge in [-0.2, -0.15) is 9.98 Å². The van der Waals surface area contributed by atoms with E-state index in [1.54, 1.807) is 0 Å². The number of carboxylic acid groups (broad SMARTS) is 1. The van der Waals surface area contributed by atoms with Crippen molar-refractivity contribution in [2.45, 2.75) is 6.04 Å². The van der Waals surface area contributed by atoms with Gasteiger partial charge in [0.2, 0.25) is 0 Å². The van der Waals surface area contributed by atoms with Crippen LogP contribution < -0.4 is 5.73 Å². The third-order valence-corrected chi connectivity index (χ3v) is 0.951. The molecule has 1 aliphatic heterocycles. The molecule has 72 valence electrons. The van der Waals surface area contributed by atoms with Crippen molar-refractivity contribution < 1.29 is 19.8 Å². The van der Waals surface area contributed by atoms with Crippen molar-refractivity contribution in [1.82, 2.24) is 0 Å². The fourth-order valence-corrected chi connectivity index (χ4v) is 0.306. The maximum absolute atomic E-state index is 9.85. The van der Waals surface area contributed by atoms with Gasteiger partial charge in [-0.05, 0) is 0 Å².